The number of nitrogens with zero attached hydrogens (tertiary/aromatic N) is 3. The maximum absolute atomic E-state index is 14.1. The average molecular weight is 549 g/mol. The molecule has 3 heterocycles. The molecule has 1 atom stereocenters. The molecular formula is C30H34F2N6O2. The first-order chi connectivity index (χ1) is 19.3. The second-order valence-corrected chi connectivity index (χ2v) is 10.5. The number of aromatic nitrogens is 1. The molecule has 2 aromatic carbocycles. The van der Waals surface area contributed by atoms with Gasteiger partial charge in [0.05, 0.1) is 17.3 Å². The first-order valence-electron chi connectivity index (χ1n) is 13.6. The molecule has 2 fully saturated rings. The maximum Gasteiger partial charge on any atom is 0.252 e. The van der Waals surface area contributed by atoms with Crippen molar-refractivity contribution in [1.82, 2.24) is 14.8 Å². The van der Waals surface area contributed by atoms with E-state index in [0.29, 0.717) is 17.4 Å². The molecule has 2 aliphatic heterocycles. The molecule has 1 aromatic heterocycles. The Bertz CT molecular complexity index is 1380. The number of amides is 2. The molecule has 2 amide bonds. The number of nitrogens with two attached hydrogens (primary N) is 1. The first kappa shape index (κ1) is 27.5. The molecule has 1 unspecified atom stereocenters. The van der Waals surface area contributed by atoms with Crippen molar-refractivity contribution in [2.75, 3.05) is 37.3 Å². The van der Waals surface area contributed by atoms with Crippen molar-refractivity contribution in [3.8, 4) is 0 Å². The fourth-order valence-electron chi connectivity index (χ4n) is 5.59. The van der Waals surface area contributed by atoms with Gasteiger partial charge in [0, 0.05) is 43.1 Å². The van der Waals surface area contributed by atoms with Crippen molar-refractivity contribution in [3.05, 3.63) is 83.1 Å². The number of likely N-dealkylation sites (N-methyl/N-ethyl adjacent to an activating group) is 1. The lowest BCUT2D eigenvalue weighted by Crippen LogP contribution is -2.47. The van der Waals surface area contributed by atoms with Crippen LogP contribution in [-0.2, 0) is 11.3 Å². The quantitative estimate of drug-likeness (QED) is 0.380. The summed E-state index contributed by atoms with van der Waals surface area (Å²) in [5.74, 6) is -1.45. The Balaban J connectivity index is 1.20. The molecule has 8 nitrogen and oxygen atoms in total. The highest BCUT2D eigenvalue weighted by atomic mass is 19.2. The number of carbonyl (C=O) groups excluding carboxylic acids is 2. The van der Waals surface area contributed by atoms with E-state index < -0.39 is 17.5 Å². The highest BCUT2D eigenvalue weighted by Gasteiger charge is 2.33. The molecule has 0 spiro atoms. The van der Waals surface area contributed by atoms with E-state index >= 15 is 0 Å². The minimum atomic E-state index is -0.943. The Hall–Kier alpha value is -4.05. The van der Waals surface area contributed by atoms with Gasteiger partial charge in [-0.3, -0.25) is 14.5 Å². The van der Waals surface area contributed by atoms with Crippen LogP contribution < -0.4 is 16.4 Å². The van der Waals surface area contributed by atoms with Crippen LogP contribution in [0.5, 0.6) is 0 Å². The van der Waals surface area contributed by atoms with Crippen LogP contribution in [0.1, 0.15) is 53.1 Å². The SMILES string of the molecule is CN1CCCC1C(=O)N1CCC(c2ccc(Nc3cc(NCc4cccc(F)c4F)c(C(N)=O)cn3)cc2)CC1. The number of likely N-dealkylation sites (tertiary alicyclic amines) is 2. The summed E-state index contributed by atoms with van der Waals surface area (Å²) < 4.78 is 27.7. The van der Waals surface area contributed by atoms with Gasteiger partial charge in [-0.05, 0) is 69.0 Å². The maximum atomic E-state index is 14.1. The monoisotopic (exact) mass is 548 g/mol. The molecule has 0 radical (unpaired) electrons. The molecule has 5 rings (SSSR count). The van der Waals surface area contributed by atoms with Gasteiger partial charge >= 0.3 is 0 Å². The summed E-state index contributed by atoms with van der Waals surface area (Å²) in [5, 5.41) is 6.19. The minimum Gasteiger partial charge on any atom is -0.380 e. The van der Waals surface area contributed by atoms with Crippen molar-refractivity contribution in [1.29, 1.82) is 0 Å². The molecule has 0 bridgehead atoms. The smallest absolute Gasteiger partial charge is 0.252 e. The van der Waals surface area contributed by atoms with Gasteiger partial charge in [0.1, 0.15) is 5.82 Å². The van der Waals surface area contributed by atoms with Crippen molar-refractivity contribution < 1.29 is 18.4 Å². The Kier molecular flexibility index (Phi) is 8.25. The van der Waals surface area contributed by atoms with E-state index in [9.17, 15) is 18.4 Å². The summed E-state index contributed by atoms with van der Waals surface area (Å²) in [7, 11) is 2.03. The summed E-state index contributed by atoms with van der Waals surface area (Å²) in [5.41, 5.74) is 8.15. The van der Waals surface area contributed by atoms with E-state index in [0.717, 1.165) is 57.1 Å². The normalized spacial score (nSPS) is 18.1. The van der Waals surface area contributed by atoms with Crippen molar-refractivity contribution in [2.45, 2.75) is 44.2 Å². The molecule has 210 valence electrons. The third-order valence-corrected chi connectivity index (χ3v) is 7.94. The zero-order valence-corrected chi connectivity index (χ0v) is 22.5. The predicted octanol–water partition coefficient (Wildman–Crippen LogP) is 4.61. The minimum absolute atomic E-state index is 0.0331. The van der Waals surface area contributed by atoms with Crippen molar-refractivity contribution >= 4 is 29.0 Å². The highest BCUT2D eigenvalue weighted by molar-refractivity contribution is 5.98. The zero-order chi connectivity index (χ0) is 28.2. The van der Waals surface area contributed by atoms with Crippen LogP contribution >= 0.6 is 0 Å². The number of piperidine rings is 1. The number of primary amides is 1. The summed E-state index contributed by atoms with van der Waals surface area (Å²) in [6, 6.07) is 13.7. The Morgan fingerprint density at radius 3 is 2.48 bits per heavy atom. The molecule has 3 aromatic rings. The van der Waals surface area contributed by atoms with Crippen LogP contribution in [-0.4, -0.2) is 59.3 Å². The number of carbonyl (C=O) groups is 2. The van der Waals surface area contributed by atoms with Crippen LogP contribution in [0.4, 0.5) is 26.0 Å². The van der Waals surface area contributed by atoms with E-state index in [4.69, 9.17) is 5.73 Å². The van der Waals surface area contributed by atoms with Crippen LogP contribution in [0.15, 0.2) is 54.7 Å². The number of anilines is 3. The first-order valence-corrected chi connectivity index (χ1v) is 13.6. The van der Waals surface area contributed by atoms with Gasteiger partial charge in [-0.15, -0.1) is 0 Å². The molecule has 2 aliphatic rings. The van der Waals surface area contributed by atoms with E-state index in [2.05, 4.69) is 32.7 Å². The second kappa shape index (κ2) is 12.0. The summed E-state index contributed by atoms with van der Waals surface area (Å²) >= 11 is 0. The topological polar surface area (TPSA) is 104 Å². The third-order valence-electron chi connectivity index (χ3n) is 7.94. The average Bonchev–Trinajstić information content (AvgIpc) is 3.39. The van der Waals surface area contributed by atoms with Gasteiger partial charge in [-0.25, -0.2) is 13.8 Å². The summed E-state index contributed by atoms with van der Waals surface area (Å²) in [4.78, 5) is 33.3. The van der Waals surface area contributed by atoms with Crippen LogP contribution in [0.3, 0.4) is 0 Å². The fourth-order valence-corrected chi connectivity index (χ4v) is 5.59. The van der Waals surface area contributed by atoms with Gasteiger partial charge in [0.25, 0.3) is 5.91 Å². The van der Waals surface area contributed by atoms with Crippen LogP contribution in [0.2, 0.25) is 0 Å². The molecule has 0 aliphatic carbocycles. The van der Waals surface area contributed by atoms with E-state index in [1.165, 1.54) is 23.9 Å². The Morgan fingerprint density at radius 1 is 1.05 bits per heavy atom. The largest absolute Gasteiger partial charge is 0.380 e. The number of hydrogen-bond acceptors (Lipinski definition) is 6. The number of halogens is 2. The number of nitrogens with one attached hydrogen (secondary N) is 2. The van der Waals surface area contributed by atoms with Gasteiger partial charge in [-0.2, -0.15) is 0 Å². The standard InChI is InChI=1S/C30H34F2N6O2/c1-37-13-3-6-26(37)30(40)38-14-11-20(12-15-38)19-7-9-22(10-8-19)36-27-16-25(23(18-35-27)29(33)39)34-17-21-4-2-5-24(31)28(21)32/h2,4-5,7-10,16,18,20,26H,3,6,11-15,17H2,1H3,(H2,33,39)(H2,34,35,36). The summed E-state index contributed by atoms with van der Waals surface area (Å²) in [6.07, 6.45) is 5.26. The third kappa shape index (κ3) is 6.07. The zero-order valence-electron chi connectivity index (χ0n) is 22.5. The lowest BCUT2D eigenvalue weighted by molar-refractivity contribution is -0.136. The molecule has 2 saturated heterocycles. The lowest BCUT2D eigenvalue weighted by atomic mass is 9.89. The van der Waals surface area contributed by atoms with Crippen molar-refractivity contribution in [3.63, 3.8) is 0 Å². The van der Waals surface area contributed by atoms with Gasteiger partial charge in [0.15, 0.2) is 11.6 Å². The number of hydrogen-bond donors (Lipinski definition) is 3. The van der Waals surface area contributed by atoms with E-state index in [1.54, 1.807) is 6.07 Å². The Labute approximate surface area is 232 Å². The van der Waals surface area contributed by atoms with Gasteiger partial charge < -0.3 is 21.3 Å². The van der Waals surface area contributed by atoms with Crippen molar-refractivity contribution in [2.24, 2.45) is 5.73 Å². The van der Waals surface area contributed by atoms with Gasteiger partial charge in [0.2, 0.25) is 5.91 Å². The van der Waals surface area contributed by atoms with Gasteiger partial charge in [-0.1, -0.05) is 24.3 Å². The number of rotatable bonds is 8. The molecular weight excluding hydrogens is 514 g/mol. The van der Waals surface area contributed by atoms with E-state index in [1.807, 2.05) is 24.1 Å². The van der Waals surface area contributed by atoms with E-state index in [-0.39, 0.29) is 29.6 Å². The second-order valence-electron chi connectivity index (χ2n) is 10.5. The summed E-state index contributed by atoms with van der Waals surface area (Å²) in [6.45, 7) is 2.51. The van der Waals surface area contributed by atoms with Crippen LogP contribution in [0, 0.1) is 11.6 Å². The molecule has 0 saturated carbocycles. The number of pyridine rings is 1. The van der Waals surface area contributed by atoms with Crippen LogP contribution in [0.25, 0.3) is 0 Å². The fraction of sp³-hybridized carbons (Fsp3) is 0.367. The molecule has 10 heteroatoms. The predicted molar refractivity (Wildman–Crippen MR) is 150 cm³/mol. The lowest BCUT2D eigenvalue weighted by Gasteiger charge is -2.35. The number of benzene rings is 2. The Morgan fingerprint density at radius 2 is 1.80 bits per heavy atom. The molecule has 4 N–H and O–H groups in total. The molecule has 40 heavy (non-hydrogen) atoms. The highest BCUT2D eigenvalue weighted by Crippen LogP contribution is 2.31.